The number of ether oxygens (including phenoxy) is 1. The molecule has 0 aromatic rings. The number of hydrogen-bond donors (Lipinski definition) is 0. The quantitative estimate of drug-likeness (QED) is 0.447. The Morgan fingerprint density at radius 3 is 2.82 bits per heavy atom. The van der Waals surface area contributed by atoms with E-state index in [9.17, 15) is 4.79 Å². The van der Waals surface area contributed by atoms with Crippen molar-refractivity contribution >= 4 is 5.97 Å². The lowest BCUT2D eigenvalue weighted by Gasteiger charge is -1.93. The predicted octanol–water partition coefficient (Wildman–Crippen LogP) is 2.07. The monoisotopic (exact) mass is 154 g/mol. The van der Waals surface area contributed by atoms with Gasteiger partial charge in [-0.05, 0) is 12.8 Å². The number of carbonyl (C=O) groups excluding carboxylic acids is 1. The van der Waals surface area contributed by atoms with Crippen molar-refractivity contribution in [3.63, 3.8) is 0 Å². The highest BCUT2D eigenvalue weighted by Gasteiger charge is 1.94. The van der Waals surface area contributed by atoms with Crippen molar-refractivity contribution in [2.45, 2.75) is 19.3 Å². The van der Waals surface area contributed by atoms with Crippen molar-refractivity contribution in [2.75, 3.05) is 7.11 Å². The van der Waals surface area contributed by atoms with Gasteiger partial charge in [0.05, 0.1) is 7.11 Å². The van der Waals surface area contributed by atoms with Gasteiger partial charge in [-0.2, -0.15) is 0 Å². The Morgan fingerprint density at radius 1 is 1.55 bits per heavy atom. The van der Waals surface area contributed by atoms with Crippen LogP contribution in [0.3, 0.4) is 0 Å². The van der Waals surface area contributed by atoms with E-state index < -0.39 is 0 Å². The highest BCUT2D eigenvalue weighted by atomic mass is 16.5. The second-order valence-corrected chi connectivity index (χ2v) is 2.11. The van der Waals surface area contributed by atoms with Crippen LogP contribution in [-0.2, 0) is 9.53 Å². The van der Waals surface area contributed by atoms with Gasteiger partial charge in [0.1, 0.15) is 0 Å². The van der Waals surface area contributed by atoms with E-state index >= 15 is 0 Å². The number of rotatable bonds is 5. The number of hydrogen-bond acceptors (Lipinski definition) is 2. The summed E-state index contributed by atoms with van der Waals surface area (Å²) in [7, 11) is 1.40. The van der Waals surface area contributed by atoms with E-state index in [0.29, 0.717) is 6.42 Å². The van der Waals surface area contributed by atoms with E-state index in [1.165, 1.54) is 7.11 Å². The molecule has 0 aromatic heterocycles. The molecule has 0 amide bonds. The summed E-state index contributed by atoms with van der Waals surface area (Å²) in [4.78, 5) is 10.6. The van der Waals surface area contributed by atoms with Gasteiger partial charge in [0.25, 0.3) is 0 Å². The third-order valence-corrected chi connectivity index (χ3v) is 1.21. The van der Waals surface area contributed by atoms with Gasteiger partial charge < -0.3 is 4.74 Å². The zero-order valence-corrected chi connectivity index (χ0v) is 6.88. The number of esters is 1. The van der Waals surface area contributed by atoms with E-state index in [2.05, 4.69) is 11.3 Å². The molecule has 0 heterocycles. The van der Waals surface area contributed by atoms with Gasteiger partial charge in [0, 0.05) is 6.42 Å². The number of carbonyl (C=O) groups is 1. The van der Waals surface area contributed by atoms with Crippen molar-refractivity contribution in [1.29, 1.82) is 0 Å². The molecule has 0 rings (SSSR count). The van der Waals surface area contributed by atoms with Gasteiger partial charge in [0.2, 0.25) is 0 Å². The molecule has 0 spiro atoms. The average molecular weight is 154 g/mol. The summed E-state index contributed by atoms with van der Waals surface area (Å²) in [6.45, 7) is 3.57. The lowest BCUT2D eigenvalue weighted by Crippen LogP contribution is -1.97. The third-order valence-electron chi connectivity index (χ3n) is 1.21. The Hall–Kier alpha value is -1.05. The van der Waals surface area contributed by atoms with Crippen molar-refractivity contribution < 1.29 is 9.53 Å². The first-order valence-corrected chi connectivity index (χ1v) is 3.64. The summed E-state index contributed by atoms with van der Waals surface area (Å²) in [5, 5.41) is 0. The Morgan fingerprint density at radius 2 is 2.27 bits per heavy atom. The first-order chi connectivity index (χ1) is 5.31. The lowest BCUT2D eigenvalue weighted by atomic mass is 10.2. The summed E-state index contributed by atoms with van der Waals surface area (Å²) in [5.41, 5.74) is 0. The van der Waals surface area contributed by atoms with Crippen LogP contribution in [0.25, 0.3) is 0 Å². The molecule has 0 aliphatic carbocycles. The molecule has 0 N–H and O–H groups in total. The molecule has 0 radical (unpaired) electrons. The molecule has 11 heavy (non-hydrogen) atoms. The molecule has 0 bridgehead atoms. The maximum Gasteiger partial charge on any atom is 0.305 e. The van der Waals surface area contributed by atoms with Gasteiger partial charge >= 0.3 is 5.97 Å². The Labute approximate surface area is 67.6 Å². The van der Waals surface area contributed by atoms with Gasteiger partial charge in [-0.3, -0.25) is 4.79 Å². The van der Waals surface area contributed by atoms with Gasteiger partial charge in [-0.1, -0.05) is 18.2 Å². The molecule has 2 heteroatoms. The molecular formula is C9H14O2. The lowest BCUT2D eigenvalue weighted by molar-refractivity contribution is -0.140. The zero-order valence-electron chi connectivity index (χ0n) is 6.88. The molecule has 2 nitrogen and oxygen atoms in total. The zero-order chi connectivity index (χ0) is 8.53. The highest BCUT2D eigenvalue weighted by molar-refractivity contribution is 5.69. The minimum atomic E-state index is -0.159. The second-order valence-electron chi connectivity index (χ2n) is 2.11. The molecule has 0 fully saturated rings. The number of allylic oxidation sites excluding steroid dienone is 3. The molecule has 0 atom stereocenters. The second kappa shape index (κ2) is 7.06. The normalized spacial score (nSPS) is 9.91. The largest absolute Gasteiger partial charge is 0.469 e. The molecule has 0 saturated carbocycles. The average Bonchev–Trinajstić information content (AvgIpc) is 2.04. The SMILES string of the molecule is C=CC/C=C/CCC(=O)OC. The molecule has 0 aliphatic rings. The first kappa shape index (κ1) is 9.95. The Kier molecular flexibility index (Phi) is 6.39. The summed E-state index contributed by atoms with van der Waals surface area (Å²) >= 11 is 0. The van der Waals surface area contributed by atoms with Gasteiger partial charge in [0.15, 0.2) is 0 Å². The molecule has 62 valence electrons. The van der Waals surface area contributed by atoms with Crippen molar-refractivity contribution in [3.05, 3.63) is 24.8 Å². The predicted molar refractivity (Wildman–Crippen MR) is 45.2 cm³/mol. The molecule has 0 aliphatic heterocycles. The fourth-order valence-electron chi connectivity index (χ4n) is 0.614. The standard InChI is InChI=1S/C9H14O2/c1-3-4-5-6-7-8-9(10)11-2/h3,5-6H,1,4,7-8H2,2H3/b6-5+. The summed E-state index contributed by atoms with van der Waals surface area (Å²) in [6.07, 6.45) is 7.83. The fraction of sp³-hybridized carbons (Fsp3) is 0.444. The van der Waals surface area contributed by atoms with E-state index in [1.54, 1.807) is 0 Å². The third kappa shape index (κ3) is 6.84. The van der Waals surface area contributed by atoms with Gasteiger partial charge in [-0.15, -0.1) is 6.58 Å². The van der Waals surface area contributed by atoms with Crippen LogP contribution in [0.1, 0.15) is 19.3 Å². The van der Waals surface area contributed by atoms with Crippen LogP contribution >= 0.6 is 0 Å². The van der Waals surface area contributed by atoms with E-state index in [1.807, 2.05) is 18.2 Å². The van der Waals surface area contributed by atoms with Crippen molar-refractivity contribution in [3.8, 4) is 0 Å². The summed E-state index contributed by atoms with van der Waals surface area (Å²) in [5.74, 6) is -0.159. The van der Waals surface area contributed by atoms with Crippen LogP contribution in [0.2, 0.25) is 0 Å². The highest BCUT2D eigenvalue weighted by Crippen LogP contribution is 1.94. The van der Waals surface area contributed by atoms with Crippen LogP contribution in [0.15, 0.2) is 24.8 Å². The van der Waals surface area contributed by atoms with Gasteiger partial charge in [-0.25, -0.2) is 0 Å². The van der Waals surface area contributed by atoms with Crippen LogP contribution in [-0.4, -0.2) is 13.1 Å². The van der Waals surface area contributed by atoms with Crippen LogP contribution < -0.4 is 0 Å². The maximum absolute atomic E-state index is 10.6. The van der Waals surface area contributed by atoms with E-state index in [-0.39, 0.29) is 5.97 Å². The van der Waals surface area contributed by atoms with E-state index in [4.69, 9.17) is 0 Å². The maximum atomic E-state index is 10.6. The minimum Gasteiger partial charge on any atom is -0.469 e. The minimum absolute atomic E-state index is 0.159. The molecular weight excluding hydrogens is 140 g/mol. The summed E-state index contributed by atoms with van der Waals surface area (Å²) in [6, 6.07) is 0. The smallest absolute Gasteiger partial charge is 0.305 e. The topological polar surface area (TPSA) is 26.3 Å². The molecule has 0 saturated heterocycles. The molecule has 0 aromatic carbocycles. The van der Waals surface area contributed by atoms with Crippen LogP contribution in [0, 0.1) is 0 Å². The Balaban J connectivity index is 3.25. The van der Waals surface area contributed by atoms with Crippen LogP contribution in [0.4, 0.5) is 0 Å². The van der Waals surface area contributed by atoms with Crippen LogP contribution in [0.5, 0.6) is 0 Å². The Bertz CT molecular complexity index is 148. The van der Waals surface area contributed by atoms with E-state index in [0.717, 1.165) is 12.8 Å². The van der Waals surface area contributed by atoms with Crippen molar-refractivity contribution in [2.24, 2.45) is 0 Å². The van der Waals surface area contributed by atoms with Crippen molar-refractivity contribution in [1.82, 2.24) is 0 Å². The summed E-state index contributed by atoms with van der Waals surface area (Å²) < 4.78 is 4.46. The fourth-order valence-corrected chi connectivity index (χ4v) is 0.614. The first-order valence-electron chi connectivity index (χ1n) is 3.64. The molecule has 0 unspecified atom stereocenters. The number of methoxy groups -OCH3 is 1.